The van der Waals surface area contributed by atoms with Crippen molar-refractivity contribution in [1.82, 2.24) is 0 Å². The zero-order valence-electron chi connectivity index (χ0n) is 8.70. The van der Waals surface area contributed by atoms with Crippen LogP contribution in [0.3, 0.4) is 0 Å². The normalized spacial score (nSPS) is 12.8. The lowest BCUT2D eigenvalue weighted by atomic mass is 10.0. The summed E-state index contributed by atoms with van der Waals surface area (Å²) in [5.74, 6) is 0.105. The molecule has 0 bridgehead atoms. The summed E-state index contributed by atoms with van der Waals surface area (Å²) in [6.07, 6.45) is 0.617. The van der Waals surface area contributed by atoms with Crippen molar-refractivity contribution in [1.29, 1.82) is 0 Å². The first-order valence-electron chi connectivity index (χ1n) is 4.99. The van der Waals surface area contributed by atoms with Crippen molar-refractivity contribution >= 4 is 15.9 Å². The van der Waals surface area contributed by atoms with E-state index < -0.39 is 6.10 Å². The van der Waals surface area contributed by atoms with Gasteiger partial charge < -0.3 is 15.9 Å². The Hall–Kier alpha value is -0.580. The van der Waals surface area contributed by atoms with Gasteiger partial charge in [0.2, 0.25) is 0 Å². The topological polar surface area (TPSA) is 66.5 Å². The highest BCUT2D eigenvalue weighted by Crippen LogP contribution is 2.34. The van der Waals surface area contributed by atoms with E-state index in [1.165, 1.54) is 0 Å². The average molecular weight is 274 g/mol. The SMILES string of the molecule is CCc1cc(Br)c(O)c(C(O)CCN)c1. The highest BCUT2D eigenvalue weighted by atomic mass is 79.9. The van der Waals surface area contributed by atoms with Gasteiger partial charge in [0.05, 0.1) is 10.6 Å². The Morgan fingerprint density at radius 1 is 1.47 bits per heavy atom. The van der Waals surface area contributed by atoms with E-state index in [1.54, 1.807) is 0 Å². The van der Waals surface area contributed by atoms with Gasteiger partial charge in [-0.2, -0.15) is 0 Å². The molecule has 0 radical (unpaired) electrons. The fourth-order valence-electron chi connectivity index (χ4n) is 1.45. The van der Waals surface area contributed by atoms with Crippen molar-refractivity contribution in [2.24, 2.45) is 5.73 Å². The average Bonchev–Trinajstić information content (AvgIpc) is 2.22. The Bertz CT molecular complexity index is 342. The number of aliphatic hydroxyl groups is 1. The van der Waals surface area contributed by atoms with Gasteiger partial charge in [-0.25, -0.2) is 0 Å². The highest BCUT2D eigenvalue weighted by Gasteiger charge is 2.14. The van der Waals surface area contributed by atoms with Crippen molar-refractivity contribution in [3.05, 3.63) is 27.7 Å². The standard InChI is InChI=1S/C11H16BrNO2/c1-2-7-5-8(10(14)3-4-13)11(15)9(12)6-7/h5-6,10,14-15H,2-4,13H2,1H3. The van der Waals surface area contributed by atoms with Crippen LogP contribution in [0.4, 0.5) is 0 Å². The summed E-state index contributed by atoms with van der Waals surface area (Å²) in [5, 5.41) is 19.6. The number of aromatic hydroxyl groups is 1. The number of aryl methyl sites for hydroxylation is 1. The predicted molar refractivity (Wildman–Crippen MR) is 63.8 cm³/mol. The summed E-state index contributed by atoms with van der Waals surface area (Å²) in [4.78, 5) is 0. The summed E-state index contributed by atoms with van der Waals surface area (Å²) in [5.41, 5.74) is 6.99. The quantitative estimate of drug-likeness (QED) is 0.787. The van der Waals surface area contributed by atoms with Crippen LogP contribution >= 0.6 is 15.9 Å². The molecule has 0 heterocycles. The van der Waals surface area contributed by atoms with Crippen LogP contribution in [-0.2, 0) is 6.42 Å². The minimum Gasteiger partial charge on any atom is -0.506 e. The molecule has 84 valence electrons. The van der Waals surface area contributed by atoms with Gasteiger partial charge in [0.25, 0.3) is 0 Å². The summed E-state index contributed by atoms with van der Waals surface area (Å²) in [6, 6.07) is 3.68. The number of phenolic OH excluding ortho intramolecular Hbond substituents is 1. The molecule has 1 aromatic carbocycles. The van der Waals surface area contributed by atoms with Crippen LogP contribution in [0, 0.1) is 0 Å². The van der Waals surface area contributed by atoms with Crippen LogP contribution in [0.2, 0.25) is 0 Å². The third-order valence-electron chi connectivity index (χ3n) is 2.36. The van der Waals surface area contributed by atoms with Crippen LogP contribution in [-0.4, -0.2) is 16.8 Å². The molecule has 1 aromatic rings. The van der Waals surface area contributed by atoms with Gasteiger partial charge in [-0.3, -0.25) is 0 Å². The number of hydrogen-bond acceptors (Lipinski definition) is 3. The maximum atomic E-state index is 9.78. The second-order valence-electron chi connectivity index (χ2n) is 3.46. The van der Waals surface area contributed by atoms with Gasteiger partial charge >= 0.3 is 0 Å². The number of nitrogens with two attached hydrogens (primary N) is 1. The zero-order valence-corrected chi connectivity index (χ0v) is 10.3. The first kappa shape index (κ1) is 12.5. The minimum atomic E-state index is -0.696. The Balaban J connectivity index is 3.09. The fourth-order valence-corrected chi connectivity index (χ4v) is 1.97. The van der Waals surface area contributed by atoms with Crippen LogP contribution in [0.25, 0.3) is 0 Å². The van der Waals surface area contributed by atoms with Gasteiger partial charge in [0.15, 0.2) is 0 Å². The van der Waals surface area contributed by atoms with E-state index in [1.807, 2.05) is 19.1 Å². The molecule has 0 amide bonds. The van der Waals surface area contributed by atoms with Crippen molar-refractivity contribution in [2.75, 3.05) is 6.54 Å². The molecule has 0 fully saturated rings. The van der Waals surface area contributed by atoms with E-state index in [0.29, 0.717) is 23.0 Å². The van der Waals surface area contributed by atoms with E-state index in [2.05, 4.69) is 15.9 Å². The van der Waals surface area contributed by atoms with E-state index in [0.717, 1.165) is 12.0 Å². The molecule has 1 unspecified atom stereocenters. The number of benzene rings is 1. The summed E-state index contributed by atoms with van der Waals surface area (Å²) >= 11 is 3.26. The lowest BCUT2D eigenvalue weighted by Crippen LogP contribution is -2.07. The third kappa shape index (κ3) is 2.93. The molecule has 4 N–H and O–H groups in total. The minimum absolute atomic E-state index is 0.105. The lowest BCUT2D eigenvalue weighted by Gasteiger charge is -2.14. The Labute approximate surface area is 98.1 Å². The zero-order chi connectivity index (χ0) is 11.4. The lowest BCUT2D eigenvalue weighted by molar-refractivity contribution is 0.166. The molecule has 3 nitrogen and oxygen atoms in total. The first-order valence-corrected chi connectivity index (χ1v) is 5.78. The van der Waals surface area contributed by atoms with Crippen LogP contribution in [0.1, 0.15) is 30.6 Å². The monoisotopic (exact) mass is 273 g/mol. The fraction of sp³-hybridized carbons (Fsp3) is 0.455. The van der Waals surface area contributed by atoms with Gasteiger partial charge in [-0.1, -0.05) is 6.92 Å². The van der Waals surface area contributed by atoms with Crippen LogP contribution in [0.5, 0.6) is 5.75 Å². The number of phenols is 1. The molecule has 0 saturated heterocycles. The second-order valence-corrected chi connectivity index (χ2v) is 4.32. The highest BCUT2D eigenvalue weighted by molar-refractivity contribution is 9.10. The molecule has 0 aromatic heterocycles. The van der Waals surface area contributed by atoms with E-state index in [9.17, 15) is 10.2 Å². The predicted octanol–water partition coefficient (Wildman–Crippen LogP) is 2.10. The van der Waals surface area contributed by atoms with E-state index >= 15 is 0 Å². The number of halogens is 1. The van der Waals surface area contributed by atoms with Crippen LogP contribution in [0.15, 0.2) is 16.6 Å². The van der Waals surface area contributed by atoms with E-state index in [4.69, 9.17) is 5.73 Å². The summed E-state index contributed by atoms with van der Waals surface area (Å²) < 4.78 is 0.618. The maximum absolute atomic E-state index is 9.78. The van der Waals surface area contributed by atoms with Gasteiger partial charge in [-0.15, -0.1) is 0 Å². The van der Waals surface area contributed by atoms with Crippen LogP contribution < -0.4 is 5.73 Å². The molecular formula is C11H16BrNO2. The molecule has 1 rings (SSSR count). The van der Waals surface area contributed by atoms with Crippen molar-refractivity contribution < 1.29 is 10.2 Å². The van der Waals surface area contributed by atoms with Gasteiger partial charge in [0.1, 0.15) is 5.75 Å². The second kappa shape index (κ2) is 5.49. The van der Waals surface area contributed by atoms with Crippen molar-refractivity contribution in [3.63, 3.8) is 0 Å². The number of aliphatic hydroxyl groups excluding tert-OH is 1. The molecule has 0 aliphatic heterocycles. The Kier molecular flexibility index (Phi) is 4.57. The van der Waals surface area contributed by atoms with Gasteiger partial charge in [-0.05, 0) is 53.0 Å². The molecule has 1 atom stereocenters. The number of rotatable bonds is 4. The molecule has 15 heavy (non-hydrogen) atoms. The third-order valence-corrected chi connectivity index (χ3v) is 2.96. The number of hydrogen-bond donors (Lipinski definition) is 3. The smallest absolute Gasteiger partial charge is 0.135 e. The molecule has 0 spiro atoms. The largest absolute Gasteiger partial charge is 0.506 e. The van der Waals surface area contributed by atoms with Crippen molar-refractivity contribution in [3.8, 4) is 5.75 Å². The first-order chi connectivity index (χ1) is 7.10. The van der Waals surface area contributed by atoms with E-state index in [-0.39, 0.29) is 5.75 Å². The molecule has 0 aliphatic carbocycles. The van der Waals surface area contributed by atoms with Gasteiger partial charge in [0, 0.05) is 5.56 Å². The summed E-state index contributed by atoms with van der Waals surface area (Å²) in [6.45, 7) is 2.42. The molecule has 0 aliphatic rings. The molecular weight excluding hydrogens is 258 g/mol. The molecule has 4 heteroatoms. The van der Waals surface area contributed by atoms with Crippen molar-refractivity contribution in [2.45, 2.75) is 25.9 Å². The Morgan fingerprint density at radius 3 is 2.67 bits per heavy atom. The maximum Gasteiger partial charge on any atom is 0.135 e. The Morgan fingerprint density at radius 2 is 2.13 bits per heavy atom. The summed E-state index contributed by atoms with van der Waals surface area (Å²) in [7, 11) is 0. The molecule has 0 saturated carbocycles.